The first kappa shape index (κ1) is 21.0. The number of hydrogen-bond donors (Lipinski definition) is 1. The van der Waals surface area contributed by atoms with Crippen molar-refractivity contribution >= 4 is 29.2 Å². The van der Waals surface area contributed by atoms with Crippen LogP contribution in [0.1, 0.15) is 35.6 Å². The standard InChI is InChI=1S/C20H18Cl2F3NO2/c21-15-6-7-16(17(22)10-15)18(26-8-2-4-13(11-26)19(27)28)12-3-1-5-14(9-12)20(23,24)25/h1,3,5-7,9-10,13,18H,2,4,8,11H2,(H,27,28). The van der Waals surface area contributed by atoms with Gasteiger partial charge in [0.1, 0.15) is 0 Å². The number of hydrogen-bond acceptors (Lipinski definition) is 2. The highest BCUT2D eigenvalue weighted by atomic mass is 35.5. The molecule has 0 aliphatic carbocycles. The maximum absolute atomic E-state index is 13.2. The molecule has 1 aliphatic rings. The number of carboxylic acids is 1. The Labute approximate surface area is 170 Å². The molecule has 1 heterocycles. The van der Waals surface area contributed by atoms with Crippen molar-refractivity contribution in [1.29, 1.82) is 0 Å². The topological polar surface area (TPSA) is 40.5 Å². The molecule has 1 saturated heterocycles. The predicted octanol–water partition coefficient (Wildman–Crippen LogP) is 5.90. The maximum Gasteiger partial charge on any atom is 0.416 e. The van der Waals surface area contributed by atoms with Gasteiger partial charge < -0.3 is 5.11 Å². The zero-order valence-corrected chi connectivity index (χ0v) is 16.2. The first-order valence-electron chi connectivity index (χ1n) is 8.76. The predicted molar refractivity (Wildman–Crippen MR) is 102 cm³/mol. The molecule has 8 heteroatoms. The number of nitrogens with zero attached hydrogens (tertiary/aromatic N) is 1. The van der Waals surface area contributed by atoms with Crippen LogP contribution in [0.25, 0.3) is 0 Å². The highest BCUT2D eigenvalue weighted by Crippen LogP contribution is 2.39. The summed E-state index contributed by atoms with van der Waals surface area (Å²) < 4.78 is 39.7. The molecule has 3 nitrogen and oxygen atoms in total. The molecule has 0 amide bonds. The fourth-order valence-corrected chi connectivity index (χ4v) is 4.15. The van der Waals surface area contributed by atoms with Gasteiger partial charge in [0.15, 0.2) is 0 Å². The third kappa shape index (κ3) is 4.62. The van der Waals surface area contributed by atoms with E-state index in [2.05, 4.69) is 0 Å². The number of carbonyl (C=O) groups is 1. The minimum atomic E-state index is -4.48. The van der Waals surface area contributed by atoms with Crippen molar-refractivity contribution in [2.24, 2.45) is 5.92 Å². The van der Waals surface area contributed by atoms with E-state index in [0.29, 0.717) is 40.6 Å². The third-order valence-electron chi connectivity index (χ3n) is 4.95. The van der Waals surface area contributed by atoms with Gasteiger partial charge in [-0.25, -0.2) is 0 Å². The second-order valence-corrected chi connectivity index (χ2v) is 7.71. The maximum atomic E-state index is 13.2. The number of rotatable bonds is 4. The van der Waals surface area contributed by atoms with Crippen LogP contribution in [-0.4, -0.2) is 29.1 Å². The summed E-state index contributed by atoms with van der Waals surface area (Å²) in [6.45, 7) is 0.791. The Morgan fingerprint density at radius 1 is 1.18 bits per heavy atom. The normalized spacial score (nSPS) is 19.4. The van der Waals surface area contributed by atoms with Crippen LogP contribution >= 0.6 is 23.2 Å². The van der Waals surface area contributed by atoms with Gasteiger partial charge in [-0.15, -0.1) is 0 Å². The van der Waals surface area contributed by atoms with Crippen LogP contribution in [0, 0.1) is 5.92 Å². The lowest BCUT2D eigenvalue weighted by molar-refractivity contribution is -0.143. The van der Waals surface area contributed by atoms with Crippen molar-refractivity contribution in [3.05, 3.63) is 69.2 Å². The lowest BCUT2D eigenvalue weighted by atomic mass is 9.90. The molecular formula is C20H18Cl2F3NO2. The summed E-state index contributed by atoms with van der Waals surface area (Å²) in [5.74, 6) is -1.48. The first-order valence-corrected chi connectivity index (χ1v) is 9.51. The van der Waals surface area contributed by atoms with E-state index in [9.17, 15) is 23.1 Å². The van der Waals surface area contributed by atoms with Gasteiger partial charge in [0, 0.05) is 16.6 Å². The highest BCUT2D eigenvalue weighted by molar-refractivity contribution is 6.35. The Bertz CT molecular complexity index is 873. The molecule has 28 heavy (non-hydrogen) atoms. The third-order valence-corrected chi connectivity index (χ3v) is 5.52. The molecule has 0 aromatic heterocycles. The molecule has 0 bridgehead atoms. The van der Waals surface area contributed by atoms with Gasteiger partial charge in [0.05, 0.1) is 17.5 Å². The molecule has 0 saturated carbocycles. The molecule has 2 unspecified atom stereocenters. The van der Waals surface area contributed by atoms with Crippen LogP contribution in [-0.2, 0) is 11.0 Å². The summed E-state index contributed by atoms with van der Waals surface area (Å²) >= 11 is 12.4. The van der Waals surface area contributed by atoms with Crippen molar-refractivity contribution in [2.45, 2.75) is 25.1 Å². The number of likely N-dealkylation sites (tertiary alicyclic amines) is 1. The summed E-state index contributed by atoms with van der Waals surface area (Å²) in [4.78, 5) is 13.4. The van der Waals surface area contributed by atoms with Crippen LogP contribution in [0.2, 0.25) is 10.0 Å². The van der Waals surface area contributed by atoms with E-state index in [-0.39, 0.29) is 6.54 Å². The van der Waals surface area contributed by atoms with Gasteiger partial charge in [0.2, 0.25) is 0 Å². The molecule has 2 aromatic rings. The largest absolute Gasteiger partial charge is 0.481 e. The lowest BCUT2D eigenvalue weighted by Gasteiger charge is -2.38. The Kier molecular flexibility index (Phi) is 6.22. The summed E-state index contributed by atoms with van der Waals surface area (Å²) in [5, 5.41) is 10.1. The molecule has 2 atom stereocenters. The van der Waals surface area contributed by atoms with E-state index in [0.717, 1.165) is 12.1 Å². The van der Waals surface area contributed by atoms with Crippen molar-refractivity contribution in [2.75, 3.05) is 13.1 Å². The van der Waals surface area contributed by atoms with E-state index in [1.165, 1.54) is 12.1 Å². The molecule has 1 fully saturated rings. The number of alkyl halides is 3. The molecule has 1 N–H and O–H groups in total. The van der Waals surface area contributed by atoms with Crippen LogP contribution in [0.4, 0.5) is 13.2 Å². The quantitative estimate of drug-likeness (QED) is 0.654. The van der Waals surface area contributed by atoms with Gasteiger partial charge >= 0.3 is 12.1 Å². The zero-order valence-electron chi connectivity index (χ0n) is 14.7. The summed E-state index contributed by atoms with van der Waals surface area (Å²) in [5.41, 5.74) is 0.244. The van der Waals surface area contributed by atoms with E-state index in [1.54, 1.807) is 18.2 Å². The second kappa shape index (κ2) is 8.31. The van der Waals surface area contributed by atoms with Crippen molar-refractivity contribution in [3.63, 3.8) is 0 Å². The van der Waals surface area contributed by atoms with Gasteiger partial charge in [0.25, 0.3) is 0 Å². The van der Waals surface area contributed by atoms with Crippen LogP contribution in [0.3, 0.4) is 0 Å². The van der Waals surface area contributed by atoms with Gasteiger partial charge in [-0.1, -0.05) is 41.4 Å². The van der Waals surface area contributed by atoms with E-state index in [4.69, 9.17) is 23.2 Å². The van der Waals surface area contributed by atoms with Crippen LogP contribution in [0.15, 0.2) is 42.5 Å². The summed E-state index contributed by atoms with van der Waals surface area (Å²) in [6.07, 6.45) is -3.30. The highest BCUT2D eigenvalue weighted by Gasteiger charge is 2.35. The number of piperidine rings is 1. The second-order valence-electron chi connectivity index (χ2n) is 6.86. The monoisotopic (exact) mass is 431 g/mol. The zero-order chi connectivity index (χ0) is 20.5. The molecule has 1 aliphatic heterocycles. The van der Waals surface area contributed by atoms with E-state index >= 15 is 0 Å². The van der Waals surface area contributed by atoms with Gasteiger partial charge in [-0.3, -0.25) is 9.69 Å². The SMILES string of the molecule is O=C(O)C1CCCN(C(c2cccc(C(F)(F)F)c2)c2ccc(Cl)cc2Cl)C1. The van der Waals surface area contributed by atoms with Crippen molar-refractivity contribution in [1.82, 2.24) is 4.90 Å². The van der Waals surface area contributed by atoms with Gasteiger partial charge in [-0.2, -0.15) is 13.2 Å². The smallest absolute Gasteiger partial charge is 0.416 e. The molecule has 0 radical (unpaired) electrons. The van der Waals surface area contributed by atoms with Crippen LogP contribution in [0.5, 0.6) is 0 Å². The van der Waals surface area contributed by atoms with E-state index < -0.39 is 29.7 Å². The Balaban J connectivity index is 2.08. The average molecular weight is 432 g/mol. The van der Waals surface area contributed by atoms with Crippen molar-refractivity contribution in [3.8, 4) is 0 Å². The lowest BCUT2D eigenvalue weighted by Crippen LogP contribution is -2.41. The molecule has 2 aromatic carbocycles. The fourth-order valence-electron chi connectivity index (χ4n) is 3.64. The minimum absolute atomic E-state index is 0.231. The van der Waals surface area contributed by atoms with Crippen molar-refractivity contribution < 1.29 is 23.1 Å². The Hall–Kier alpha value is -1.76. The molecule has 3 rings (SSSR count). The Morgan fingerprint density at radius 3 is 2.57 bits per heavy atom. The number of aliphatic carboxylic acids is 1. The molecule has 150 valence electrons. The minimum Gasteiger partial charge on any atom is -0.481 e. The van der Waals surface area contributed by atoms with Crippen LogP contribution < -0.4 is 0 Å². The number of halogens is 5. The molecular weight excluding hydrogens is 414 g/mol. The summed E-state index contributed by atoms with van der Waals surface area (Å²) in [7, 11) is 0. The number of benzene rings is 2. The molecule has 0 spiro atoms. The summed E-state index contributed by atoms with van der Waals surface area (Å²) in [6, 6.07) is 9.32. The first-order chi connectivity index (χ1) is 13.2. The number of carboxylic acid groups (broad SMARTS) is 1. The fraction of sp³-hybridized carbons (Fsp3) is 0.350. The Morgan fingerprint density at radius 2 is 1.93 bits per heavy atom. The van der Waals surface area contributed by atoms with E-state index in [1.807, 2.05) is 4.90 Å². The average Bonchev–Trinajstić information content (AvgIpc) is 2.63. The van der Waals surface area contributed by atoms with Gasteiger partial charge in [-0.05, 0) is 54.8 Å².